The van der Waals surface area contributed by atoms with E-state index in [9.17, 15) is 9.59 Å². The fourth-order valence-electron chi connectivity index (χ4n) is 4.97. The summed E-state index contributed by atoms with van der Waals surface area (Å²) in [5, 5.41) is 9.57. The molecule has 2 heterocycles. The number of halogens is 1. The maximum Gasteiger partial charge on any atom is 0.276 e. The lowest BCUT2D eigenvalue weighted by atomic mass is 9.78. The van der Waals surface area contributed by atoms with Crippen LogP contribution in [0.1, 0.15) is 50.1 Å². The first-order valence-electron chi connectivity index (χ1n) is 11.4. The lowest BCUT2D eigenvalue weighted by molar-refractivity contribution is -0.123. The maximum absolute atomic E-state index is 13.3. The Bertz CT molecular complexity index is 1210. The second-order valence-corrected chi connectivity index (χ2v) is 9.59. The molecule has 1 amide bonds. The van der Waals surface area contributed by atoms with Gasteiger partial charge in [0.2, 0.25) is 5.91 Å². The number of carbonyl (C=O) groups is 1. The van der Waals surface area contributed by atoms with Crippen LogP contribution in [0.5, 0.6) is 0 Å². The Hall–Kier alpha value is -2.60. The van der Waals surface area contributed by atoms with Crippen molar-refractivity contribution in [2.24, 2.45) is 11.8 Å². The molecule has 1 aromatic carbocycles. The molecule has 0 saturated heterocycles. The molecule has 1 N–H and O–H groups in total. The molecule has 1 aliphatic rings. The highest BCUT2D eigenvalue weighted by molar-refractivity contribution is 6.31. The molecule has 32 heavy (non-hydrogen) atoms. The van der Waals surface area contributed by atoms with Crippen LogP contribution in [0.2, 0.25) is 5.02 Å². The largest absolute Gasteiger partial charge is 0.351 e. The number of amides is 1. The van der Waals surface area contributed by atoms with Crippen LogP contribution in [0.15, 0.2) is 35.3 Å². The molecule has 1 saturated carbocycles. The van der Waals surface area contributed by atoms with Crippen molar-refractivity contribution in [3.63, 3.8) is 0 Å². The number of aromatic nitrogens is 3. The molecular weight excluding hydrogens is 424 g/mol. The van der Waals surface area contributed by atoms with Crippen LogP contribution in [-0.2, 0) is 17.9 Å². The van der Waals surface area contributed by atoms with E-state index in [0.29, 0.717) is 28.8 Å². The zero-order valence-electron chi connectivity index (χ0n) is 19.2. The van der Waals surface area contributed by atoms with Crippen molar-refractivity contribution < 1.29 is 4.79 Å². The van der Waals surface area contributed by atoms with Gasteiger partial charge in [0, 0.05) is 34.4 Å². The second kappa shape index (κ2) is 9.10. The van der Waals surface area contributed by atoms with Gasteiger partial charge in [-0.05, 0) is 43.7 Å². The van der Waals surface area contributed by atoms with Gasteiger partial charge in [0.25, 0.3) is 5.56 Å². The molecule has 3 aromatic rings. The monoisotopic (exact) mass is 454 g/mol. The van der Waals surface area contributed by atoms with Gasteiger partial charge in [-0.2, -0.15) is 5.10 Å². The molecule has 170 valence electrons. The summed E-state index contributed by atoms with van der Waals surface area (Å²) in [7, 11) is 0. The van der Waals surface area contributed by atoms with Gasteiger partial charge in [-0.15, -0.1) is 0 Å². The average Bonchev–Trinajstić information content (AvgIpc) is 3.00. The van der Waals surface area contributed by atoms with E-state index in [0.717, 1.165) is 35.2 Å². The highest BCUT2D eigenvalue weighted by Gasteiger charge is 2.28. The van der Waals surface area contributed by atoms with Gasteiger partial charge in [-0.25, -0.2) is 4.68 Å². The number of aryl methyl sites for hydroxylation is 2. The molecule has 3 atom stereocenters. The van der Waals surface area contributed by atoms with E-state index < -0.39 is 0 Å². The number of rotatable bonds is 5. The van der Waals surface area contributed by atoms with E-state index in [1.165, 1.54) is 11.1 Å². The second-order valence-electron chi connectivity index (χ2n) is 9.19. The number of benzene rings is 1. The third-order valence-corrected chi connectivity index (χ3v) is 7.61. The SMILES string of the molecule is Cc1c2cnn(CC(=O)N[C@@H]3CCC[C@@H](C)[C@H]3C)c(=O)c2c(C)n1Cc1ccccc1Cl. The van der Waals surface area contributed by atoms with Crippen LogP contribution >= 0.6 is 11.6 Å². The Kier molecular flexibility index (Phi) is 6.42. The molecule has 0 unspecified atom stereocenters. The first kappa shape index (κ1) is 22.6. The van der Waals surface area contributed by atoms with E-state index in [4.69, 9.17) is 11.6 Å². The summed E-state index contributed by atoms with van der Waals surface area (Å²) in [6.07, 6.45) is 5.01. The Labute approximate surface area is 193 Å². The van der Waals surface area contributed by atoms with E-state index in [-0.39, 0.29) is 24.1 Å². The number of hydrogen-bond donors (Lipinski definition) is 1. The van der Waals surface area contributed by atoms with Gasteiger partial charge in [0.1, 0.15) is 6.54 Å². The molecule has 7 heteroatoms. The molecule has 6 nitrogen and oxygen atoms in total. The van der Waals surface area contributed by atoms with Crippen molar-refractivity contribution in [2.45, 2.75) is 66.1 Å². The van der Waals surface area contributed by atoms with Crippen LogP contribution in [0, 0.1) is 25.7 Å². The Morgan fingerprint density at radius 1 is 1.19 bits per heavy atom. The van der Waals surface area contributed by atoms with Crippen LogP contribution in [0.4, 0.5) is 0 Å². The fraction of sp³-hybridized carbons (Fsp3) is 0.480. The van der Waals surface area contributed by atoms with E-state index in [1.807, 2.05) is 38.1 Å². The first-order valence-corrected chi connectivity index (χ1v) is 11.7. The fourth-order valence-corrected chi connectivity index (χ4v) is 5.16. The molecule has 0 radical (unpaired) electrons. The van der Waals surface area contributed by atoms with E-state index in [2.05, 4.69) is 28.8 Å². The zero-order chi connectivity index (χ0) is 23.0. The highest BCUT2D eigenvalue weighted by Crippen LogP contribution is 2.29. The topological polar surface area (TPSA) is 68.9 Å². The van der Waals surface area contributed by atoms with Gasteiger partial charge >= 0.3 is 0 Å². The summed E-state index contributed by atoms with van der Waals surface area (Å²) >= 11 is 6.35. The van der Waals surface area contributed by atoms with Crippen molar-refractivity contribution >= 4 is 28.3 Å². The number of hydrogen-bond acceptors (Lipinski definition) is 3. The van der Waals surface area contributed by atoms with Crippen molar-refractivity contribution in [3.05, 3.63) is 62.8 Å². The lowest BCUT2D eigenvalue weighted by Crippen LogP contribution is -2.45. The number of fused-ring (bicyclic) bond motifs is 1. The lowest BCUT2D eigenvalue weighted by Gasteiger charge is -2.34. The van der Waals surface area contributed by atoms with Gasteiger partial charge in [0.05, 0.1) is 11.6 Å². The third-order valence-electron chi connectivity index (χ3n) is 7.24. The van der Waals surface area contributed by atoms with Crippen molar-refractivity contribution in [1.29, 1.82) is 0 Å². The predicted molar refractivity (Wildman–Crippen MR) is 128 cm³/mol. The van der Waals surface area contributed by atoms with Gasteiger partial charge in [-0.3, -0.25) is 9.59 Å². The molecule has 0 bridgehead atoms. The standard InChI is InChI=1S/C25H31ClN4O2/c1-15-8-7-11-22(16(15)2)28-23(31)14-30-25(32)24-18(4)29(17(3)20(24)12-27-30)13-19-9-5-6-10-21(19)26/h5-6,9-10,12,15-16,22H,7-8,11,13-14H2,1-4H3,(H,28,31)/t15-,16-,22-/m1/s1. The maximum atomic E-state index is 13.3. The minimum atomic E-state index is -0.235. The summed E-state index contributed by atoms with van der Waals surface area (Å²) in [5.41, 5.74) is 2.57. The Morgan fingerprint density at radius 2 is 1.94 bits per heavy atom. The van der Waals surface area contributed by atoms with Crippen molar-refractivity contribution in [2.75, 3.05) is 0 Å². The van der Waals surface area contributed by atoms with Crippen LogP contribution in [0.3, 0.4) is 0 Å². The summed E-state index contributed by atoms with van der Waals surface area (Å²) in [4.78, 5) is 26.0. The Balaban J connectivity index is 1.60. The summed E-state index contributed by atoms with van der Waals surface area (Å²) < 4.78 is 3.37. The minimum absolute atomic E-state index is 0.0689. The molecular formula is C25H31ClN4O2. The van der Waals surface area contributed by atoms with Crippen molar-refractivity contribution in [3.8, 4) is 0 Å². The molecule has 1 aliphatic carbocycles. The number of nitrogens with one attached hydrogen (secondary N) is 1. The molecule has 0 aliphatic heterocycles. The summed E-state index contributed by atoms with van der Waals surface area (Å²) in [6, 6.07) is 7.87. The minimum Gasteiger partial charge on any atom is -0.351 e. The normalized spacial score (nSPS) is 21.1. The molecule has 0 spiro atoms. The average molecular weight is 455 g/mol. The smallest absolute Gasteiger partial charge is 0.276 e. The third kappa shape index (κ3) is 4.20. The van der Waals surface area contributed by atoms with Crippen LogP contribution < -0.4 is 10.9 Å². The molecule has 2 aromatic heterocycles. The number of carbonyl (C=O) groups excluding carboxylic acids is 1. The van der Waals surface area contributed by atoms with E-state index >= 15 is 0 Å². The first-order chi connectivity index (χ1) is 15.3. The summed E-state index contributed by atoms with van der Waals surface area (Å²) in [5.74, 6) is 0.869. The van der Waals surface area contributed by atoms with Gasteiger partial charge < -0.3 is 9.88 Å². The highest BCUT2D eigenvalue weighted by atomic mass is 35.5. The van der Waals surface area contributed by atoms with Gasteiger partial charge in [-0.1, -0.05) is 56.5 Å². The Morgan fingerprint density at radius 3 is 2.69 bits per heavy atom. The van der Waals surface area contributed by atoms with Crippen LogP contribution in [-0.4, -0.2) is 26.3 Å². The number of nitrogens with zero attached hydrogens (tertiary/aromatic N) is 3. The van der Waals surface area contributed by atoms with E-state index in [1.54, 1.807) is 6.20 Å². The predicted octanol–water partition coefficient (Wildman–Crippen LogP) is 4.46. The molecule has 1 fully saturated rings. The van der Waals surface area contributed by atoms with Gasteiger partial charge in [0.15, 0.2) is 0 Å². The van der Waals surface area contributed by atoms with Crippen LogP contribution in [0.25, 0.3) is 10.8 Å². The quantitative estimate of drug-likeness (QED) is 0.618. The summed E-state index contributed by atoms with van der Waals surface area (Å²) in [6.45, 7) is 8.85. The molecule has 4 rings (SSSR count). The van der Waals surface area contributed by atoms with Crippen molar-refractivity contribution in [1.82, 2.24) is 19.7 Å². The zero-order valence-corrected chi connectivity index (χ0v) is 19.9.